The van der Waals surface area contributed by atoms with Gasteiger partial charge in [-0.25, -0.2) is 0 Å². The van der Waals surface area contributed by atoms with Crippen LogP contribution >= 0.6 is 0 Å². The Balaban J connectivity index is 2.66. The Labute approximate surface area is 112 Å². The summed E-state index contributed by atoms with van der Waals surface area (Å²) in [4.78, 5) is 0. The average molecular weight is 271 g/mol. The molecule has 0 heterocycles. The van der Waals surface area contributed by atoms with E-state index in [2.05, 4.69) is 11.9 Å². The average Bonchev–Trinajstić information content (AvgIpc) is 2.36. The van der Waals surface area contributed by atoms with Crippen molar-refractivity contribution in [2.45, 2.75) is 38.4 Å². The molecule has 0 spiro atoms. The number of alkyl halides is 3. The van der Waals surface area contributed by atoms with Crippen molar-refractivity contribution < 1.29 is 13.2 Å². The van der Waals surface area contributed by atoms with Crippen LogP contribution in [0, 0.1) is 0 Å². The SMILES string of the molecule is C=CCCC(Cc1ccc(C(F)(F)F)cc1)NCC. The molecule has 0 saturated heterocycles. The first-order valence-electron chi connectivity index (χ1n) is 6.47. The molecule has 1 aromatic carbocycles. The minimum Gasteiger partial charge on any atom is -0.314 e. The quantitative estimate of drug-likeness (QED) is 0.733. The van der Waals surface area contributed by atoms with Crippen LogP contribution in [0.1, 0.15) is 30.9 Å². The third-order valence-corrected chi connectivity index (χ3v) is 2.98. The number of halogens is 3. The van der Waals surface area contributed by atoms with Gasteiger partial charge in [-0.1, -0.05) is 25.1 Å². The predicted octanol–water partition coefficient (Wildman–Crippen LogP) is 4.19. The third kappa shape index (κ3) is 5.47. The summed E-state index contributed by atoms with van der Waals surface area (Å²) < 4.78 is 37.3. The standard InChI is InChI=1S/C15H20F3N/c1-3-5-6-14(19-4-2)11-12-7-9-13(10-8-12)15(16,17)18/h3,7-10,14,19H,1,4-6,11H2,2H3. The minimum absolute atomic E-state index is 0.278. The molecule has 0 aliphatic heterocycles. The Hall–Kier alpha value is -1.29. The van der Waals surface area contributed by atoms with Gasteiger partial charge in [0.05, 0.1) is 5.56 Å². The van der Waals surface area contributed by atoms with Crippen LogP contribution in [0.15, 0.2) is 36.9 Å². The number of allylic oxidation sites excluding steroid dienone is 1. The second kappa shape index (κ2) is 7.34. The third-order valence-electron chi connectivity index (χ3n) is 2.98. The normalized spacial score (nSPS) is 13.3. The Morgan fingerprint density at radius 1 is 1.26 bits per heavy atom. The van der Waals surface area contributed by atoms with Gasteiger partial charge in [0, 0.05) is 6.04 Å². The van der Waals surface area contributed by atoms with E-state index in [-0.39, 0.29) is 6.04 Å². The van der Waals surface area contributed by atoms with Gasteiger partial charge in [-0.05, 0) is 43.5 Å². The van der Waals surface area contributed by atoms with Gasteiger partial charge in [0.1, 0.15) is 0 Å². The largest absolute Gasteiger partial charge is 0.416 e. The van der Waals surface area contributed by atoms with Crippen molar-refractivity contribution in [2.75, 3.05) is 6.54 Å². The number of hydrogen-bond donors (Lipinski definition) is 1. The second-order valence-electron chi connectivity index (χ2n) is 4.52. The van der Waals surface area contributed by atoms with Gasteiger partial charge in [-0.3, -0.25) is 0 Å². The molecule has 0 amide bonds. The highest BCUT2D eigenvalue weighted by Crippen LogP contribution is 2.29. The van der Waals surface area contributed by atoms with E-state index in [4.69, 9.17) is 0 Å². The summed E-state index contributed by atoms with van der Waals surface area (Å²) in [6.45, 7) is 6.56. The van der Waals surface area contributed by atoms with E-state index in [0.29, 0.717) is 0 Å². The van der Waals surface area contributed by atoms with Crippen molar-refractivity contribution in [3.05, 3.63) is 48.0 Å². The van der Waals surface area contributed by atoms with Crippen LogP contribution in [0.4, 0.5) is 13.2 Å². The van der Waals surface area contributed by atoms with Gasteiger partial charge in [0.2, 0.25) is 0 Å². The van der Waals surface area contributed by atoms with E-state index in [1.165, 1.54) is 0 Å². The zero-order valence-corrected chi connectivity index (χ0v) is 11.1. The van der Waals surface area contributed by atoms with Gasteiger partial charge in [-0.15, -0.1) is 6.58 Å². The molecule has 1 aromatic rings. The van der Waals surface area contributed by atoms with Crippen molar-refractivity contribution in [3.63, 3.8) is 0 Å². The van der Waals surface area contributed by atoms with Crippen molar-refractivity contribution in [1.82, 2.24) is 5.32 Å². The van der Waals surface area contributed by atoms with Crippen LogP contribution < -0.4 is 5.32 Å². The summed E-state index contributed by atoms with van der Waals surface area (Å²) in [5.41, 5.74) is 0.324. The molecule has 106 valence electrons. The number of hydrogen-bond acceptors (Lipinski definition) is 1. The number of rotatable bonds is 7. The van der Waals surface area contributed by atoms with Gasteiger partial charge < -0.3 is 5.32 Å². The zero-order chi connectivity index (χ0) is 14.3. The van der Waals surface area contributed by atoms with Crippen LogP contribution in [0.3, 0.4) is 0 Å². The monoisotopic (exact) mass is 271 g/mol. The maximum Gasteiger partial charge on any atom is 0.416 e. The number of benzene rings is 1. The Morgan fingerprint density at radius 3 is 2.37 bits per heavy atom. The summed E-state index contributed by atoms with van der Waals surface area (Å²) in [6, 6.07) is 5.68. The Kier molecular flexibility index (Phi) is 6.09. The lowest BCUT2D eigenvalue weighted by Gasteiger charge is -2.17. The summed E-state index contributed by atoms with van der Waals surface area (Å²) in [6.07, 6.45) is 0.177. The maximum absolute atomic E-state index is 12.4. The minimum atomic E-state index is -4.26. The first kappa shape index (κ1) is 15.8. The molecule has 4 heteroatoms. The lowest BCUT2D eigenvalue weighted by molar-refractivity contribution is -0.137. The molecule has 19 heavy (non-hydrogen) atoms. The Morgan fingerprint density at radius 2 is 1.89 bits per heavy atom. The molecule has 0 aliphatic carbocycles. The van der Waals surface area contributed by atoms with E-state index >= 15 is 0 Å². The van der Waals surface area contributed by atoms with E-state index in [1.807, 2.05) is 13.0 Å². The lowest BCUT2D eigenvalue weighted by atomic mass is 10.0. The molecule has 1 atom stereocenters. The van der Waals surface area contributed by atoms with E-state index in [9.17, 15) is 13.2 Å². The van der Waals surface area contributed by atoms with Crippen molar-refractivity contribution in [2.24, 2.45) is 0 Å². The summed E-state index contributed by atoms with van der Waals surface area (Å²) in [5, 5.41) is 3.34. The first-order chi connectivity index (χ1) is 8.97. The predicted molar refractivity (Wildman–Crippen MR) is 72.0 cm³/mol. The highest BCUT2D eigenvalue weighted by molar-refractivity contribution is 5.25. The highest BCUT2D eigenvalue weighted by atomic mass is 19.4. The summed E-state index contributed by atoms with van der Waals surface area (Å²) in [5.74, 6) is 0. The first-order valence-corrected chi connectivity index (χ1v) is 6.47. The van der Waals surface area contributed by atoms with Crippen LogP contribution in [0.5, 0.6) is 0 Å². The molecule has 1 N–H and O–H groups in total. The lowest BCUT2D eigenvalue weighted by Crippen LogP contribution is -2.30. The van der Waals surface area contributed by atoms with Crippen molar-refractivity contribution >= 4 is 0 Å². The molecule has 1 nitrogen and oxygen atoms in total. The molecule has 0 aliphatic rings. The molecule has 0 bridgehead atoms. The van der Waals surface area contributed by atoms with Crippen molar-refractivity contribution in [1.29, 1.82) is 0 Å². The van der Waals surface area contributed by atoms with Crippen LogP contribution in [-0.4, -0.2) is 12.6 Å². The van der Waals surface area contributed by atoms with Crippen LogP contribution in [-0.2, 0) is 12.6 Å². The summed E-state index contributed by atoms with van der Waals surface area (Å²) >= 11 is 0. The summed E-state index contributed by atoms with van der Waals surface area (Å²) in [7, 11) is 0. The molecular weight excluding hydrogens is 251 g/mol. The Bertz CT molecular complexity index is 381. The van der Waals surface area contributed by atoms with Gasteiger partial charge in [0.15, 0.2) is 0 Å². The van der Waals surface area contributed by atoms with Gasteiger partial charge >= 0.3 is 6.18 Å². The fraction of sp³-hybridized carbons (Fsp3) is 0.467. The number of likely N-dealkylation sites (N-methyl/N-ethyl adjacent to an activating group) is 1. The van der Waals surface area contributed by atoms with E-state index in [0.717, 1.165) is 43.5 Å². The van der Waals surface area contributed by atoms with E-state index < -0.39 is 11.7 Å². The second-order valence-corrected chi connectivity index (χ2v) is 4.52. The molecule has 1 rings (SSSR count). The fourth-order valence-corrected chi connectivity index (χ4v) is 2.00. The van der Waals surface area contributed by atoms with Gasteiger partial charge in [-0.2, -0.15) is 13.2 Å². The maximum atomic E-state index is 12.4. The smallest absolute Gasteiger partial charge is 0.314 e. The molecule has 1 unspecified atom stereocenters. The molecule has 0 fully saturated rings. The topological polar surface area (TPSA) is 12.0 Å². The molecular formula is C15H20F3N. The molecule has 0 radical (unpaired) electrons. The molecule has 0 saturated carbocycles. The van der Waals surface area contributed by atoms with Crippen LogP contribution in [0.2, 0.25) is 0 Å². The van der Waals surface area contributed by atoms with E-state index in [1.54, 1.807) is 12.1 Å². The highest BCUT2D eigenvalue weighted by Gasteiger charge is 2.29. The fourth-order valence-electron chi connectivity index (χ4n) is 2.00. The van der Waals surface area contributed by atoms with Gasteiger partial charge in [0.25, 0.3) is 0 Å². The van der Waals surface area contributed by atoms with Crippen molar-refractivity contribution in [3.8, 4) is 0 Å². The number of nitrogens with one attached hydrogen (secondary N) is 1. The molecule has 0 aromatic heterocycles. The zero-order valence-electron chi connectivity index (χ0n) is 11.1. The van der Waals surface area contributed by atoms with Crippen LogP contribution in [0.25, 0.3) is 0 Å².